The topological polar surface area (TPSA) is 99.3 Å². The summed E-state index contributed by atoms with van der Waals surface area (Å²) in [5.41, 5.74) is 1.19. The number of rotatable bonds is 8. The van der Waals surface area contributed by atoms with E-state index in [9.17, 15) is 4.79 Å². The lowest BCUT2D eigenvalue weighted by atomic mass is 10.0. The van der Waals surface area contributed by atoms with E-state index in [1.54, 1.807) is 6.20 Å². The predicted octanol–water partition coefficient (Wildman–Crippen LogP) is 2.28. The molecule has 1 aliphatic heterocycles. The molecule has 0 atom stereocenters. The van der Waals surface area contributed by atoms with Crippen LogP contribution in [-0.4, -0.2) is 70.4 Å². The molecule has 2 aromatic heterocycles. The minimum absolute atomic E-state index is 0.148. The molecule has 2 fully saturated rings. The van der Waals surface area contributed by atoms with Crippen LogP contribution in [-0.2, 0) is 9.53 Å². The highest BCUT2D eigenvalue weighted by Crippen LogP contribution is 2.39. The normalized spacial score (nSPS) is 17.9. The molecule has 2 aliphatic rings. The number of aromatic nitrogens is 4. The van der Waals surface area contributed by atoms with Crippen LogP contribution in [0.4, 0.5) is 17.6 Å². The number of nitrogens with zero attached hydrogens (tertiary/aromatic N) is 5. The van der Waals surface area contributed by atoms with Gasteiger partial charge in [0.2, 0.25) is 5.95 Å². The minimum Gasteiger partial charge on any atom is -0.465 e. The summed E-state index contributed by atoms with van der Waals surface area (Å²) >= 11 is 0. The Bertz CT molecular complexity index is 828. The van der Waals surface area contributed by atoms with Crippen LogP contribution in [0.5, 0.6) is 0 Å². The molecule has 0 unspecified atom stereocenters. The summed E-state index contributed by atoms with van der Waals surface area (Å²) < 4.78 is 5.04. The van der Waals surface area contributed by atoms with E-state index < -0.39 is 0 Å². The fraction of sp³-hybridized carbons (Fsp3) is 0.600. The van der Waals surface area contributed by atoms with Crippen LogP contribution >= 0.6 is 0 Å². The molecule has 0 bridgehead atoms. The van der Waals surface area contributed by atoms with Gasteiger partial charge in [0.1, 0.15) is 5.82 Å². The zero-order chi connectivity index (χ0) is 20.2. The summed E-state index contributed by atoms with van der Waals surface area (Å²) in [7, 11) is 2.03. The standard InChI is InChI=1S/C20H29N7O2/c1-3-29-19(28)13-27-10-7-15(8-11-27)26(2)20-21-9-6-17(23-20)22-18-12-16(24-25-18)14-4-5-14/h6,9,12,14-15H,3-5,7-8,10-11,13H2,1-2H3,(H2,21,22,23,24,25). The molecule has 2 aromatic rings. The molecule has 0 radical (unpaired) electrons. The highest BCUT2D eigenvalue weighted by atomic mass is 16.5. The monoisotopic (exact) mass is 399 g/mol. The Morgan fingerprint density at radius 2 is 2.10 bits per heavy atom. The van der Waals surface area contributed by atoms with Crippen molar-refractivity contribution in [3.63, 3.8) is 0 Å². The lowest BCUT2D eigenvalue weighted by molar-refractivity contribution is -0.144. The second-order valence-corrected chi connectivity index (χ2v) is 7.77. The van der Waals surface area contributed by atoms with Crippen molar-refractivity contribution < 1.29 is 9.53 Å². The number of H-pyrrole nitrogens is 1. The van der Waals surface area contributed by atoms with Gasteiger partial charge in [0, 0.05) is 50.1 Å². The largest absolute Gasteiger partial charge is 0.465 e. The molecule has 1 saturated carbocycles. The van der Waals surface area contributed by atoms with Gasteiger partial charge >= 0.3 is 5.97 Å². The number of esters is 1. The average Bonchev–Trinajstić information content (AvgIpc) is 3.48. The van der Waals surface area contributed by atoms with Crippen LogP contribution in [0, 0.1) is 0 Å². The predicted molar refractivity (Wildman–Crippen MR) is 110 cm³/mol. The Balaban J connectivity index is 1.32. The molecule has 0 spiro atoms. The van der Waals surface area contributed by atoms with Crippen LogP contribution in [0.1, 0.15) is 44.2 Å². The molecule has 156 valence electrons. The Morgan fingerprint density at radius 1 is 1.31 bits per heavy atom. The van der Waals surface area contributed by atoms with Crippen molar-refractivity contribution in [1.82, 2.24) is 25.1 Å². The first kappa shape index (κ1) is 19.6. The molecule has 9 heteroatoms. The van der Waals surface area contributed by atoms with Crippen molar-refractivity contribution in [3.8, 4) is 0 Å². The second-order valence-electron chi connectivity index (χ2n) is 7.77. The van der Waals surface area contributed by atoms with Crippen LogP contribution in [0.25, 0.3) is 0 Å². The highest BCUT2D eigenvalue weighted by Gasteiger charge is 2.26. The Morgan fingerprint density at radius 3 is 2.83 bits per heavy atom. The third-order valence-electron chi connectivity index (χ3n) is 5.59. The van der Waals surface area contributed by atoms with E-state index in [4.69, 9.17) is 4.74 Å². The summed E-state index contributed by atoms with van der Waals surface area (Å²) in [6, 6.07) is 4.25. The van der Waals surface area contributed by atoms with E-state index >= 15 is 0 Å². The number of hydrogen-bond donors (Lipinski definition) is 2. The number of carbonyl (C=O) groups is 1. The molecular formula is C20H29N7O2. The van der Waals surface area contributed by atoms with Gasteiger partial charge < -0.3 is 15.0 Å². The quantitative estimate of drug-likeness (QED) is 0.652. The molecule has 9 nitrogen and oxygen atoms in total. The third kappa shape index (κ3) is 5.03. The molecule has 29 heavy (non-hydrogen) atoms. The minimum atomic E-state index is -0.148. The molecule has 1 saturated heterocycles. The van der Waals surface area contributed by atoms with Gasteiger partial charge in [0.05, 0.1) is 13.2 Å². The van der Waals surface area contributed by atoms with Crippen LogP contribution in [0.2, 0.25) is 0 Å². The Labute approximate surface area is 170 Å². The van der Waals surface area contributed by atoms with Crippen LogP contribution in [0.15, 0.2) is 18.3 Å². The molecular weight excluding hydrogens is 370 g/mol. The van der Waals surface area contributed by atoms with Crippen molar-refractivity contribution in [2.45, 2.75) is 44.6 Å². The first-order valence-corrected chi connectivity index (χ1v) is 10.4. The number of piperidine rings is 1. The van der Waals surface area contributed by atoms with Crippen molar-refractivity contribution in [2.75, 3.05) is 43.5 Å². The number of ether oxygens (including phenoxy) is 1. The lowest BCUT2D eigenvalue weighted by Gasteiger charge is -2.36. The van der Waals surface area contributed by atoms with Crippen LogP contribution < -0.4 is 10.2 Å². The molecule has 4 rings (SSSR count). The molecule has 2 N–H and O–H groups in total. The number of likely N-dealkylation sites (tertiary alicyclic amines) is 1. The molecule has 1 aliphatic carbocycles. The van der Waals surface area contributed by atoms with Gasteiger partial charge in [-0.3, -0.25) is 14.8 Å². The van der Waals surface area contributed by atoms with E-state index in [1.807, 2.05) is 20.0 Å². The van der Waals surface area contributed by atoms with E-state index in [-0.39, 0.29) is 5.97 Å². The zero-order valence-corrected chi connectivity index (χ0v) is 17.1. The molecule has 0 aromatic carbocycles. The summed E-state index contributed by atoms with van der Waals surface area (Å²) in [5.74, 6) is 2.70. The maximum atomic E-state index is 11.7. The molecule has 3 heterocycles. The van der Waals surface area contributed by atoms with Crippen molar-refractivity contribution in [3.05, 3.63) is 24.0 Å². The van der Waals surface area contributed by atoms with E-state index in [1.165, 1.54) is 18.5 Å². The Hall–Kier alpha value is -2.68. The first-order chi connectivity index (χ1) is 14.1. The maximum absolute atomic E-state index is 11.7. The maximum Gasteiger partial charge on any atom is 0.320 e. The summed E-state index contributed by atoms with van der Waals surface area (Å²) in [6.07, 6.45) is 6.17. The van der Waals surface area contributed by atoms with Gasteiger partial charge in [-0.25, -0.2) is 4.98 Å². The SMILES string of the molecule is CCOC(=O)CN1CCC(N(C)c2nccc(Nc3cc(C4CC4)[nH]n3)n2)CC1. The number of nitrogens with one attached hydrogen (secondary N) is 2. The molecule has 0 amide bonds. The summed E-state index contributed by atoms with van der Waals surface area (Å²) in [5, 5.41) is 10.7. The van der Waals surface area contributed by atoms with Crippen LogP contribution in [0.3, 0.4) is 0 Å². The third-order valence-corrected chi connectivity index (χ3v) is 5.59. The van der Waals surface area contributed by atoms with Gasteiger partial charge in [-0.15, -0.1) is 0 Å². The zero-order valence-electron chi connectivity index (χ0n) is 17.1. The average molecular weight is 399 g/mol. The van der Waals surface area contributed by atoms with Crippen molar-refractivity contribution in [2.24, 2.45) is 0 Å². The summed E-state index contributed by atoms with van der Waals surface area (Å²) in [6.45, 7) is 4.36. The van der Waals surface area contributed by atoms with E-state index in [0.29, 0.717) is 31.1 Å². The summed E-state index contributed by atoms with van der Waals surface area (Å²) in [4.78, 5) is 25.1. The van der Waals surface area contributed by atoms with Crippen molar-refractivity contribution in [1.29, 1.82) is 0 Å². The highest BCUT2D eigenvalue weighted by molar-refractivity contribution is 5.71. The number of anilines is 3. The van der Waals surface area contributed by atoms with E-state index in [0.717, 1.165) is 37.6 Å². The fourth-order valence-electron chi connectivity index (χ4n) is 3.74. The van der Waals surface area contributed by atoms with Gasteiger partial charge in [0.15, 0.2) is 5.82 Å². The number of hydrogen-bond acceptors (Lipinski definition) is 8. The fourth-order valence-corrected chi connectivity index (χ4v) is 3.74. The smallest absolute Gasteiger partial charge is 0.320 e. The van der Waals surface area contributed by atoms with Gasteiger partial charge in [-0.05, 0) is 38.7 Å². The van der Waals surface area contributed by atoms with Gasteiger partial charge in [-0.2, -0.15) is 10.1 Å². The number of aromatic amines is 1. The van der Waals surface area contributed by atoms with Gasteiger partial charge in [-0.1, -0.05) is 0 Å². The van der Waals surface area contributed by atoms with Crippen molar-refractivity contribution >= 4 is 23.6 Å². The second kappa shape index (κ2) is 8.77. The lowest BCUT2D eigenvalue weighted by Crippen LogP contribution is -2.45. The number of carbonyl (C=O) groups excluding carboxylic acids is 1. The van der Waals surface area contributed by atoms with Gasteiger partial charge in [0.25, 0.3) is 0 Å². The first-order valence-electron chi connectivity index (χ1n) is 10.4. The van der Waals surface area contributed by atoms with E-state index in [2.05, 4.69) is 41.3 Å². The Kier molecular flexibility index (Phi) is 5.94.